The van der Waals surface area contributed by atoms with Gasteiger partial charge in [-0.15, -0.1) is 0 Å². The zero-order valence-corrected chi connectivity index (χ0v) is 18.6. The number of hydrogen-bond acceptors (Lipinski definition) is 5. The molecule has 2 aromatic carbocycles. The van der Waals surface area contributed by atoms with Gasteiger partial charge in [0.15, 0.2) is 0 Å². The third-order valence-corrected chi connectivity index (χ3v) is 5.86. The van der Waals surface area contributed by atoms with Crippen LogP contribution in [-0.2, 0) is 21.4 Å². The summed E-state index contributed by atoms with van der Waals surface area (Å²) in [5, 5.41) is 0. The Balaban J connectivity index is 0.00000274. The highest BCUT2D eigenvalue weighted by molar-refractivity contribution is 5.93. The SMILES string of the molecule is NC(=O)c1ccc(-c2nc(-c3ccccn3)cn2C2(Cc3ccccc3)COCOC2)cc1.O. The molecule has 0 atom stereocenters. The monoisotopic (exact) mass is 458 g/mol. The highest BCUT2D eigenvalue weighted by Crippen LogP contribution is 2.34. The van der Waals surface area contributed by atoms with Crippen LogP contribution in [0.2, 0.25) is 0 Å². The molecule has 8 heteroatoms. The van der Waals surface area contributed by atoms with Crippen molar-refractivity contribution in [2.24, 2.45) is 5.73 Å². The Morgan fingerprint density at radius 1 is 0.941 bits per heavy atom. The molecular weight excluding hydrogens is 432 g/mol. The van der Waals surface area contributed by atoms with Crippen LogP contribution in [0.15, 0.2) is 85.2 Å². The molecule has 4 aromatic rings. The summed E-state index contributed by atoms with van der Waals surface area (Å²) in [5.74, 6) is 0.283. The third-order valence-electron chi connectivity index (χ3n) is 5.86. The van der Waals surface area contributed by atoms with Crippen LogP contribution < -0.4 is 5.73 Å². The predicted molar refractivity (Wildman–Crippen MR) is 128 cm³/mol. The number of carbonyl (C=O) groups excluding carboxylic acids is 1. The zero-order chi connectivity index (χ0) is 22.7. The topological polar surface area (TPSA) is 124 Å². The molecule has 0 bridgehead atoms. The van der Waals surface area contributed by atoms with E-state index in [-0.39, 0.29) is 12.3 Å². The lowest BCUT2D eigenvalue weighted by Gasteiger charge is -2.39. The number of rotatable bonds is 6. The number of amides is 1. The fraction of sp³-hybridized carbons (Fsp3) is 0.192. The van der Waals surface area contributed by atoms with Gasteiger partial charge in [0.25, 0.3) is 0 Å². The van der Waals surface area contributed by atoms with Crippen LogP contribution in [0, 0.1) is 0 Å². The van der Waals surface area contributed by atoms with Crippen molar-refractivity contribution in [3.63, 3.8) is 0 Å². The summed E-state index contributed by atoms with van der Waals surface area (Å²) >= 11 is 0. The van der Waals surface area contributed by atoms with Gasteiger partial charge in [0.1, 0.15) is 18.3 Å². The van der Waals surface area contributed by atoms with Crippen molar-refractivity contribution < 1.29 is 19.7 Å². The maximum atomic E-state index is 11.6. The molecule has 2 aromatic heterocycles. The second-order valence-corrected chi connectivity index (χ2v) is 8.18. The summed E-state index contributed by atoms with van der Waals surface area (Å²) in [5.41, 5.74) is 8.95. The molecule has 34 heavy (non-hydrogen) atoms. The number of pyridine rings is 1. The van der Waals surface area contributed by atoms with Crippen LogP contribution in [0.4, 0.5) is 0 Å². The normalized spacial score (nSPS) is 14.8. The quantitative estimate of drug-likeness (QED) is 0.476. The van der Waals surface area contributed by atoms with Gasteiger partial charge in [-0.3, -0.25) is 9.78 Å². The minimum atomic E-state index is -0.503. The fourth-order valence-electron chi connectivity index (χ4n) is 4.23. The van der Waals surface area contributed by atoms with Crippen LogP contribution in [0.3, 0.4) is 0 Å². The lowest BCUT2D eigenvalue weighted by molar-refractivity contribution is -0.157. The Kier molecular flexibility index (Phi) is 6.83. The van der Waals surface area contributed by atoms with Crippen LogP contribution in [0.25, 0.3) is 22.8 Å². The Morgan fingerprint density at radius 3 is 2.29 bits per heavy atom. The first kappa shape index (κ1) is 23.3. The fourth-order valence-corrected chi connectivity index (χ4v) is 4.23. The zero-order valence-electron chi connectivity index (χ0n) is 18.6. The van der Waals surface area contributed by atoms with E-state index in [0.717, 1.165) is 22.8 Å². The van der Waals surface area contributed by atoms with Gasteiger partial charge in [0.2, 0.25) is 5.91 Å². The first-order valence-electron chi connectivity index (χ1n) is 10.8. The summed E-state index contributed by atoms with van der Waals surface area (Å²) in [4.78, 5) is 21.0. The smallest absolute Gasteiger partial charge is 0.248 e. The van der Waals surface area contributed by atoms with E-state index in [1.807, 2.05) is 54.7 Å². The average Bonchev–Trinajstić information content (AvgIpc) is 3.32. The third kappa shape index (κ3) is 4.60. The van der Waals surface area contributed by atoms with Crippen molar-refractivity contribution in [3.05, 3.63) is 96.3 Å². The van der Waals surface area contributed by atoms with Crippen LogP contribution >= 0.6 is 0 Å². The van der Waals surface area contributed by atoms with E-state index in [9.17, 15) is 4.79 Å². The lowest BCUT2D eigenvalue weighted by atomic mass is 9.90. The number of nitrogens with two attached hydrogens (primary N) is 1. The Bertz CT molecular complexity index is 1240. The Hall–Kier alpha value is -3.85. The standard InChI is InChI=1S/C26H24N4O3.H2O/c27-24(31)20-9-11-21(12-10-20)25-29-23(22-8-4-5-13-28-22)15-30(25)26(16-32-18-33-17-26)14-19-6-2-1-3-7-19;/h1-13,15H,14,16-18H2,(H2,27,31);1H2. The van der Waals surface area contributed by atoms with E-state index in [4.69, 9.17) is 20.2 Å². The van der Waals surface area contributed by atoms with E-state index in [0.29, 0.717) is 25.2 Å². The van der Waals surface area contributed by atoms with E-state index in [2.05, 4.69) is 21.7 Å². The van der Waals surface area contributed by atoms with Crippen LogP contribution in [0.5, 0.6) is 0 Å². The van der Waals surface area contributed by atoms with Gasteiger partial charge in [-0.1, -0.05) is 48.5 Å². The number of hydrogen-bond donors (Lipinski definition) is 1. The molecule has 0 radical (unpaired) electrons. The molecule has 1 amide bonds. The van der Waals surface area contributed by atoms with Gasteiger partial charge in [-0.25, -0.2) is 4.98 Å². The lowest BCUT2D eigenvalue weighted by Crippen LogP contribution is -2.48. The number of benzene rings is 2. The van der Waals surface area contributed by atoms with E-state index in [1.165, 1.54) is 5.56 Å². The number of imidazole rings is 1. The number of nitrogens with zero attached hydrogens (tertiary/aromatic N) is 3. The minimum Gasteiger partial charge on any atom is -0.412 e. The van der Waals surface area contributed by atoms with Crippen molar-refractivity contribution in [2.45, 2.75) is 12.0 Å². The van der Waals surface area contributed by atoms with Gasteiger partial charge in [-0.05, 0) is 29.8 Å². The summed E-state index contributed by atoms with van der Waals surface area (Å²) in [6.07, 6.45) is 4.47. The van der Waals surface area contributed by atoms with Crippen molar-refractivity contribution in [3.8, 4) is 22.8 Å². The first-order valence-corrected chi connectivity index (χ1v) is 10.8. The second-order valence-electron chi connectivity index (χ2n) is 8.18. The van der Waals surface area contributed by atoms with Gasteiger partial charge in [0, 0.05) is 29.9 Å². The van der Waals surface area contributed by atoms with E-state index < -0.39 is 11.4 Å². The highest BCUT2D eigenvalue weighted by Gasteiger charge is 2.38. The molecule has 0 aliphatic carbocycles. The molecule has 1 aliphatic heterocycles. The second kappa shape index (κ2) is 9.96. The average molecular weight is 459 g/mol. The molecule has 1 aliphatic rings. The Morgan fingerprint density at radius 2 is 1.65 bits per heavy atom. The van der Waals surface area contributed by atoms with Gasteiger partial charge in [-0.2, -0.15) is 0 Å². The van der Waals surface area contributed by atoms with Gasteiger partial charge < -0.3 is 25.3 Å². The summed E-state index contributed by atoms with van der Waals surface area (Å²) in [7, 11) is 0. The molecule has 1 saturated heterocycles. The molecule has 0 unspecified atom stereocenters. The van der Waals surface area contributed by atoms with E-state index in [1.54, 1.807) is 18.3 Å². The minimum absolute atomic E-state index is 0. The van der Waals surface area contributed by atoms with Crippen molar-refractivity contribution in [1.29, 1.82) is 0 Å². The maximum Gasteiger partial charge on any atom is 0.248 e. The molecule has 5 rings (SSSR count). The molecule has 3 heterocycles. The molecule has 1 fully saturated rings. The summed E-state index contributed by atoms with van der Waals surface area (Å²) in [6.45, 7) is 1.22. The maximum absolute atomic E-state index is 11.6. The molecule has 0 saturated carbocycles. The van der Waals surface area contributed by atoms with Gasteiger partial charge in [0.05, 0.1) is 24.4 Å². The number of aromatic nitrogens is 3. The molecule has 174 valence electrons. The Labute approximate surface area is 197 Å². The van der Waals surface area contributed by atoms with Crippen molar-refractivity contribution >= 4 is 5.91 Å². The molecule has 4 N–H and O–H groups in total. The van der Waals surface area contributed by atoms with Crippen molar-refractivity contribution in [2.75, 3.05) is 20.0 Å². The number of primary amides is 1. The predicted octanol–water partition coefficient (Wildman–Crippen LogP) is 2.83. The molecular formula is C26H26N4O4. The van der Waals surface area contributed by atoms with Crippen LogP contribution in [0.1, 0.15) is 15.9 Å². The van der Waals surface area contributed by atoms with E-state index >= 15 is 0 Å². The molecule has 0 spiro atoms. The largest absolute Gasteiger partial charge is 0.412 e. The van der Waals surface area contributed by atoms with Gasteiger partial charge >= 0.3 is 0 Å². The van der Waals surface area contributed by atoms with Crippen molar-refractivity contribution in [1.82, 2.24) is 14.5 Å². The number of carbonyl (C=O) groups is 1. The summed E-state index contributed by atoms with van der Waals surface area (Å²) in [6, 6.07) is 23.2. The molecule has 8 nitrogen and oxygen atoms in total. The number of ether oxygens (including phenoxy) is 2. The first-order chi connectivity index (χ1) is 16.1. The highest BCUT2D eigenvalue weighted by atomic mass is 16.7. The summed E-state index contributed by atoms with van der Waals surface area (Å²) < 4.78 is 13.8. The van der Waals surface area contributed by atoms with Crippen LogP contribution in [-0.4, -0.2) is 45.9 Å².